The largest absolute Gasteiger partial charge is 0.351 e. The molecule has 0 radical (unpaired) electrons. The summed E-state index contributed by atoms with van der Waals surface area (Å²) in [5.41, 5.74) is 2.18. The molecule has 0 fully saturated rings. The summed E-state index contributed by atoms with van der Waals surface area (Å²) < 4.78 is 35.5. The monoisotopic (exact) mass is 391 g/mol. The molecule has 7 nitrogen and oxygen atoms in total. The number of amides is 2. The highest BCUT2D eigenvalue weighted by molar-refractivity contribution is 7.88. The first-order chi connectivity index (χ1) is 12.7. The van der Waals surface area contributed by atoms with E-state index in [1.165, 1.54) is 18.2 Å². The van der Waals surface area contributed by atoms with Crippen molar-refractivity contribution >= 4 is 27.5 Å². The predicted molar refractivity (Wildman–Crippen MR) is 97.5 cm³/mol. The number of benzene rings is 2. The van der Waals surface area contributed by atoms with Crippen molar-refractivity contribution in [2.75, 3.05) is 5.32 Å². The van der Waals surface area contributed by atoms with Gasteiger partial charge in [-0.1, -0.05) is 30.3 Å². The van der Waals surface area contributed by atoms with Crippen LogP contribution in [0, 0.1) is 5.82 Å². The molecule has 0 aromatic heterocycles. The van der Waals surface area contributed by atoms with Crippen LogP contribution in [-0.4, -0.2) is 20.2 Å². The van der Waals surface area contributed by atoms with Crippen LogP contribution in [0.1, 0.15) is 29.0 Å². The molecule has 1 atom stereocenters. The van der Waals surface area contributed by atoms with E-state index in [0.29, 0.717) is 16.8 Å². The molecule has 4 N–H and O–H groups in total. The number of halogens is 1. The molecule has 9 heteroatoms. The third-order valence-corrected chi connectivity index (χ3v) is 4.96. The number of carbonyl (C=O) groups excluding carboxylic acids is 2. The summed E-state index contributed by atoms with van der Waals surface area (Å²) in [4.78, 5) is 24.3. The Balaban J connectivity index is 1.67. The molecule has 2 aromatic rings. The molecule has 1 aliphatic rings. The van der Waals surface area contributed by atoms with Gasteiger partial charge >= 0.3 is 0 Å². The average Bonchev–Trinajstić information content (AvgIpc) is 2.58. The molecule has 3 rings (SSSR count). The van der Waals surface area contributed by atoms with Crippen LogP contribution in [-0.2, 0) is 31.9 Å². The number of hydrogen-bond donors (Lipinski definition) is 3. The zero-order valence-corrected chi connectivity index (χ0v) is 15.1. The Labute approximate surface area is 155 Å². The first-order valence-electron chi connectivity index (χ1n) is 8.16. The van der Waals surface area contributed by atoms with E-state index >= 15 is 0 Å². The number of anilines is 1. The SMILES string of the molecule is NS(=O)(=O)Cc1ccc(CNC(=O)[C@@H]2CC(=O)Nc3cc(F)ccc32)cc1. The Bertz CT molecular complexity index is 990. The minimum Gasteiger partial charge on any atom is -0.351 e. The lowest BCUT2D eigenvalue weighted by Crippen LogP contribution is -2.34. The number of hydrogen-bond acceptors (Lipinski definition) is 4. The van der Waals surface area contributed by atoms with Crippen LogP contribution in [0.5, 0.6) is 0 Å². The molecular formula is C18H18FN3O4S. The smallest absolute Gasteiger partial charge is 0.228 e. The summed E-state index contributed by atoms with van der Waals surface area (Å²) in [7, 11) is -3.60. The molecule has 2 amide bonds. The third kappa shape index (κ3) is 4.89. The maximum atomic E-state index is 13.4. The third-order valence-electron chi connectivity index (χ3n) is 4.23. The molecule has 0 bridgehead atoms. The summed E-state index contributed by atoms with van der Waals surface area (Å²) in [6, 6.07) is 10.6. The molecule has 2 aromatic carbocycles. The summed E-state index contributed by atoms with van der Waals surface area (Å²) in [6.07, 6.45) is -0.0161. The van der Waals surface area contributed by atoms with Gasteiger partial charge in [-0.05, 0) is 28.8 Å². The van der Waals surface area contributed by atoms with Crippen molar-refractivity contribution in [2.45, 2.75) is 24.6 Å². The minimum absolute atomic E-state index is 0.0161. The fourth-order valence-electron chi connectivity index (χ4n) is 2.97. The molecule has 142 valence electrons. The zero-order chi connectivity index (χ0) is 19.6. The number of carbonyl (C=O) groups is 2. The second-order valence-corrected chi connectivity index (χ2v) is 7.99. The van der Waals surface area contributed by atoms with Crippen molar-refractivity contribution in [1.29, 1.82) is 0 Å². The Morgan fingerprint density at radius 2 is 1.85 bits per heavy atom. The van der Waals surface area contributed by atoms with Gasteiger partial charge in [-0.3, -0.25) is 9.59 Å². The van der Waals surface area contributed by atoms with Gasteiger partial charge in [0.25, 0.3) is 0 Å². The molecule has 1 heterocycles. The van der Waals surface area contributed by atoms with Crippen molar-refractivity contribution < 1.29 is 22.4 Å². The first-order valence-corrected chi connectivity index (χ1v) is 9.88. The van der Waals surface area contributed by atoms with Gasteiger partial charge in [-0.25, -0.2) is 17.9 Å². The van der Waals surface area contributed by atoms with Crippen molar-refractivity contribution in [2.24, 2.45) is 5.14 Å². The highest BCUT2D eigenvalue weighted by Gasteiger charge is 2.30. The molecule has 0 spiro atoms. The number of rotatable bonds is 5. The van der Waals surface area contributed by atoms with Gasteiger partial charge in [-0.15, -0.1) is 0 Å². The Morgan fingerprint density at radius 1 is 1.19 bits per heavy atom. The number of nitrogens with one attached hydrogen (secondary N) is 2. The van der Waals surface area contributed by atoms with Crippen LogP contribution in [0.3, 0.4) is 0 Å². The molecule has 1 aliphatic heterocycles. The second kappa shape index (κ2) is 7.45. The van der Waals surface area contributed by atoms with Crippen molar-refractivity contribution in [3.8, 4) is 0 Å². The van der Waals surface area contributed by atoms with Gasteiger partial charge < -0.3 is 10.6 Å². The Kier molecular flexibility index (Phi) is 5.24. The van der Waals surface area contributed by atoms with E-state index in [-0.39, 0.29) is 30.5 Å². The van der Waals surface area contributed by atoms with Crippen LogP contribution in [0.2, 0.25) is 0 Å². The molecule has 0 aliphatic carbocycles. The molecule has 0 saturated carbocycles. The maximum absolute atomic E-state index is 13.4. The lowest BCUT2D eigenvalue weighted by Gasteiger charge is -2.25. The van der Waals surface area contributed by atoms with E-state index in [0.717, 1.165) is 5.56 Å². The van der Waals surface area contributed by atoms with Crippen LogP contribution in [0.15, 0.2) is 42.5 Å². The summed E-state index contributed by atoms with van der Waals surface area (Å²) >= 11 is 0. The predicted octanol–water partition coefficient (Wildman–Crippen LogP) is 1.36. The molecule has 0 saturated heterocycles. The highest BCUT2D eigenvalue weighted by Crippen LogP contribution is 2.32. The Hall–Kier alpha value is -2.78. The molecule has 0 unspecified atom stereocenters. The fraction of sp³-hybridized carbons (Fsp3) is 0.222. The molecular weight excluding hydrogens is 373 g/mol. The summed E-state index contributed by atoms with van der Waals surface area (Å²) in [5.74, 6) is -2.14. The van der Waals surface area contributed by atoms with Crippen molar-refractivity contribution in [3.05, 3.63) is 65.0 Å². The highest BCUT2D eigenvalue weighted by atomic mass is 32.2. The van der Waals surface area contributed by atoms with Gasteiger partial charge in [0.2, 0.25) is 21.8 Å². The van der Waals surface area contributed by atoms with Gasteiger partial charge in [0.1, 0.15) is 5.82 Å². The number of sulfonamides is 1. The van der Waals surface area contributed by atoms with E-state index in [1.807, 2.05) is 0 Å². The van der Waals surface area contributed by atoms with Crippen LogP contribution in [0.25, 0.3) is 0 Å². The first kappa shape index (κ1) is 19.0. The summed E-state index contributed by atoms with van der Waals surface area (Å²) in [6.45, 7) is 0.211. The van der Waals surface area contributed by atoms with Crippen LogP contribution in [0.4, 0.5) is 10.1 Å². The van der Waals surface area contributed by atoms with E-state index < -0.39 is 21.8 Å². The number of fused-ring (bicyclic) bond motifs is 1. The zero-order valence-electron chi connectivity index (χ0n) is 14.2. The average molecular weight is 391 g/mol. The van der Waals surface area contributed by atoms with E-state index in [1.54, 1.807) is 24.3 Å². The van der Waals surface area contributed by atoms with E-state index in [9.17, 15) is 22.4 Å². The lowest BCUT2D eigenvalue weighted by molar-refractivity contribution is -0.126. The summed E-state index contributed by atoms with van der Waals surface area (Å²) in [5, 5.41) is 10.3. The molecule has 27 heavy (non-hydrogen) atoms. The van der Waals surface area contributed by atoms with E-state index in [4.69, 9.17) is 5.14 Å². The number of primary sulfonamides is 1. The minimum atomic E-state index is -3.60. The van der Waals surface area contributed by atoms with E-state index in [2.05, 4.69) is 10.6 Å². The van der Waals surface area contributed by atoms with Gasteiger partial charge in [0.15, 0.2) is 0 Å². The quantitative estimate of drug-likeness (QED) is 0.713. The van der Waals surface area contributed by atoms with Crippen molar-refractivity contribution in [1.82, 2.24) is 5.32 Å². The normalized spacial score (nSPS) is 16.4. The topological polar surface area (TPSA) is 118 Å². The van der Waals surface area contributed by atoms with Crippen molar-refractivity contribution in [3.63, 3.8) is 0 Å². The van der Waals surface area contributed by atoms with Gasteiger partial charge in [0.05, 0.1) is 11.7 Å². The second-order valence-electron chi connectivity index (χ2n) is 6.38. The van der Waals surface area contributed by atoms with Gasteiger partial charge in [-0.2, -0.15) is 0 Å². The van der Waals surface area contributed by atoms with Crippen LogP contribution < -0.4 is 15.8 Å². The van der Waals surface area contributed by atoms with Gasteiger partial charge in [0, 0.05) is 18.7 Å². The Morgan fingerprint density at radius 3 is 2.52 bits per heavy atom. The van der Waals surface area contributed by atoms with Crippen LogP contribution >= 0.6 is 0 Å². The lowest BCUT2D eigenvalue weighted by atomic mass is 9.89. The number of nitrogens with two attached hydrogens (primary N) is 1. The maximum Gasteiger partial charge on any atom is 0.228 e. The standard InChI is InChI=1S/C18H18FN3O4S/c19-13-5-6-14-15(8-17(23)22-16(14)7-13)18(24)21-9-11-1-3-12(4-2-11)10-27(20,25)26/h1-7,15H,8-10H2,(H,21,24)(H,22,23)(H2,20,25,26)/t15-/m1/s1. The fourth-order valence-corrected chi connectivity index (χ4v) is 3.63.